The summed E-state index contributed by atoms with van der Waals surface area (Å²) in [6.45, 7) is 0.472. The molecule has 1 aromatic carbocycles. The molecule has 2 aromatic heterocycles. The van der Waals surface area contributed by atoms with Crippen LogP contribution in [0, 0.1) is 5.82 Å². The van der Waals surface area contributed by atoms with E-state index < -0.39 is 24.1 Å². The zero-order valence-corrected chi connectivity index (χ0v) is 15.0. The number of hydrogen-bond donors (Lipinski definition) is 2. The Morgan fingerprint density at radius 1 is 1.38 bits per heavy atom. The molecule has 3 aromatic rings. The molecule has 29 heavy (non-hydrogen) atoms. The summed E-state index contributed by atoms with van der Waals surface area (Å²) in [4.78, 5) is 27.7. The minimum Gasteiger partial charge on any atom is -0.465 e. The average molecular weight is 401 g/mol. The lowest BCUT2D eigenvalue weighted by molar-refractivity contribution is 0.136. The molecule has 0 aliphatic carbocycles. The van der Waals surface area contributed by atoms with Crippen molar-refractivity contribution in [2.24, 2.45) is 0 Å². The van der Waals surface area contributed by atoms with Gasteiger partial charge in [-0.2, -0.15) is 10.2 Å². The molecule has 0 saturated carbocycles. The van der Waals surface area contributed by atoms with Crippen molar-refractivity contribution in [2.45, 2.75) is 12.6 Å². The Bertz CT molecular complexity index is 1040. The zero-order valence-electron chi connectivity index (χ0n) is 15.0. The summed E-state index contributed by atoms with van der Waals surface area (Å²) in [6.07, 6.45) is 2.08. The number of carboxylic acid groups (broad SMARTS) is 1. The van der Waals surface area contributed by atoms with Crippen molar-refractivity contribution in [2.75, 3.05) is 18.0 Å². The minimum atomic E-state index is -1.21. The number of ether oxygens (including phenoxy) is 1. The number of rotatable bonds is 6. The van der Waals surface area contributed by atoms with Crippen molar-refractivity contribution in [3.8, 4) is 5.69 Å². The molecule has 150 valence electrons. The van der Waals surface area contributed by atoms with Crippen LogP contribution in [0.25, 0.3) is 5.69 Å². The summed E-state index contributed by atoms with van der Waals surface area (Å²) < 4.78 is 22.8. The lowest BCUT2D eigenvalue weighted by atomic mass is 10.2. The molecule has 0 spiro atoms. The van der Waals surface area contributed by atoms with Crippen LogP contribution < -0.4 is 10.2 Å². The Balaban J connectivity index is 1.48. The first-order valence-corrected chi connectivity index (χ1v) is 8.61. The van der Waals surface area contributed by atoms with Gasteiger partial charge in [0.15, 0.2) is 5.82 Å². The number of nitrogens with zero attached hydrogens (tertiary/aromatic N) is 6. The summed E-state index contributed by atoms with van der Waals surface area (Å²) in [5, 5.41) is 19.1. The largest absolute Gasteiger partial charge is 0.465 e. The van der Waals surface area contributed by atoms with Crippen LogP contribution in [0.5, 0.6) is 0 Å². The highest BCUT2D eigenvalue weighted by Gasteiger charge is 2.33. The number of nitrogens with one attached hydrogen (secondary N) is 1. The highest BCUT2D eigenvalue weighted by Crippen LogP contribution is 2.25. The Kier molecular flexibility index (Phi) is 4.81. The van der Waals surface area contributed by atoms with Gasteiger partial charge in [0.05, 0.1) is 31.0 Å². The molecule has 0 bridgehead atoms. The Morgan fingerprint density at radius 2 is 2.24 bits per heavy atom. The maximum atomic E-state index is 14.7. The molecule has 3 heterocycles. The van der Waals surface area contributed by atoms with E-state index in [2.05, 4.69) is 20.5 Å². The number of carbonyl (C=O) groups excluding carboxylic acids is 1. The van der Waals surface area contributed by atoms with Gasteiger partial charge in [0.1, 0.15) is 24.4 Å². The van der Waals surface area contributed by atoms with Crippen LogP contribution >= 0.6 is 0 Å². The molecule has 1 aliphatic heterocycles. The van der Waals surface area contributed by atoms with Crippen molar-refractivity contribution in [1.82, 2.24) is 29.9 Å². The fourth-order valence-electron chi connectivity index (χ4n) is 2.95. The van der Waals surface area contributed by atoms with E-state index in [1.807, 2.05) is 0 Å². The number of benzene rings is 1. The van der Waals surface area contributed by atoms with Crippen LogP contribution in [0.15, 0.2) is 43.1 Å². The van der Waals surface area contributed by atoms with Crippen LogP contribution in [0.4, 0.5) is 19.7 Å². The second-order valence-electron chi connectivity index (χ2n) is 6.28. The van der Waals surface area contributed by atoms with Gasteiger partial charge in [0.25, 0.3) is 0 Å². The number of hydrogen-bond acceptors (Lipinski definition) is 6. The van der Waals surface area contributed by atoms with Crippen molar-refractivity contribution in [1.29, 1.82) is 0 Å². The van der Waals surface area contributed by atoms with Crippen LogP contribution in [-0.2, 0) is 11.3 Å². The molecule has 1 atom stereocenters. The quantitative estimate of drug-likeness (QED) is 0.636. The molecule has 12 heteroatoms. The van der Waals surface area contributed by atoms with E-state index in [0.717, 1.165) is 0 Å². The normalized spacial score (nSPS) is 16.1. The summed E-state index contributed by atoms with van der Waals surface area (Å²) in [6, 6.07) is 6.04. The number of cyclic esters (lactones) is 1. The van der Waals surface area contributed by atoms with Gasteiger partial charge in [-0.1, -0.05) is 0 Å². The minimum absolute atomic E-state index is 0.0417. The van der Waals surface area contributed by atoms with Crippen molar-refractivity contribution in [3.63, 3.8) is 0 Å². The third kappa shape index (κ3) is 4.00. The molecule has 0 unspecified atom stereocenters. The van der Waals surface area contributed by atoms with Crippen molar-refractivity contribution < 1.29 is 23.8 Å². The van der Waals surface area contributed by atoms with Crippen LogP contribution in [0.1, 0.15) is 5.69 Å². The average Bonchev–Trinajstić information content (AvgIpc) is 3.42. The highest BCUT2D eigenvalue weighted by molar-refractivity contribution is 5.90. The molecule has 4 rings (SSSR count). The molecule has 1 saturated heterocycles. The smallest absolute Gasteiger partial charge is 0.414 e. The van der Waals surface area contributed by atoms with E-state index in [0.29, 0.717) is 17.9 Å². The van der Waals surface area contributed by atoms with Crippen molar-refractivity contribution in [3.05, 3.63) is 54.6 Å². The molecule has 2 N–H and O–H groups in total. The fourth-order valence-corrected chi connectivity index (χ4v) is 2.95. The summed E-state index contributed by atoms with van der Waals surface area (Å²) in [5.74, 6) is -0.571. The van der Waals surface area contributed by atoms with Crippen LogP contribution in [0.2, 0.25) is 0 Å². The van der Waals surface area contributed by atoms with Gasteiger partial charge in [-0.05, 0) is 24.3 Å². The maximum absolute atomic E-state index is 14.7. The maximum Gasteiger partial charge on any atom is 0.414 e. The Hall–Kier alpha value is -3.96. The van der Waals surface area contributed by atoms with E-state index in [-0.39, 0.29) is 18.8 Å². The predicted octanol–water partition coefficient (Wildman–Crippen LogP) is 1.24. The van der Waals surface area contributed by atoms with Gasteiger partial charge in [-0.3, -0.25) is 4.90 Å². The van der Waals surface area contributed by atoms with E-state index in [9.17, 15) is 14.0 Å². The number of halogens is 1. The monoisotopic (exact) mass is 401 g/mol. The molecular formula is C17H16FN7O4. The molecule has 1 aliphatic rings. The summed E-state index contributed by atoms with van der Waals surface area (Å²) in [5.41, 5.74) is 1.20. The number of anilines is 1. The summed E-state index contributed by atoms with van der Waals surface area (Å²) >= 11 is 0. The molecule has 1 fully saturated rings. The third-order valence-corrected chi connectivity index (χ3v) is 4.28. The Morgan fingerprint density at radius 3 is 2.97 bits per heavy atom. The third-order valence-electron chi connectivity index (χ3n) is 4.28. The molecule has 11 nitrogen and oxygen atoms in total. The topological polar surface area (TPSA) is 127 Å². The predicted molar refractivity (Wildman–Crippen MR) is 96.3 cm³/mol. The van der Waals surface area contributed by atoms with E-state index in [1.165, 1.54) is 28.0 Å². The lowest BCUT2D eigenvalue weighted by Gasteiger charge is -2.14. The molecular weight excluding hydrogens is 385 g/mol. The zero-order chi connectivity index (χ0) is 20.4. The van der Waals surface area contributed by atoms with Gasteiger partial charge in [-0.15, -0.1) is 0 Å². The number of carbonyl (C=O) groups is 2. The van der Waals surface area contributed by atoms with Crippen molar-refractivity contribution >= 4 is 17.9 Å². The first-order valence-electron chi connectivity index (χ1n) is 8.61. The standard InChI is InChI=1S/C17H16FN7O4/c18-14-5-12(24-8-13(29-17(24)28)6-20-16(26)27)1-2-15(14)25-4-3-11(22-25)7-23-10-19-9-21-23/h1-5,9-10,13,20H,6-8H2,(H,26,27)/t13-/m0/s1. The molecule has 0 radical (unpaired) electrons. The van der Waals surface area contributed by atoms with Gasteiger partial charge in [-0.25, -0.2) is 28.3 Å². The van der Waals surface area contributed by atoms with Gasteiger partial charge >= 0.3 is 12.2 Å². The number of amides is 2. The van der Waals surface area contributed by atoms with Crippen LogP contribution in [0.3, 0.4) is 0 Å². The second-order valence-corrected chi connectivity index (χ2v) is 6.28. The second kappa shape index (κ2) is 7.58. The highest BCUT2D eigenvalue weighted by atomic mass is 19.1. The first-order chi connectivity index (χ1) is 14.0. The molecule has 2 amide bonds. The first kappa shape index (κ1) is 18.4. The van der Waals surface area contributed by atoms with Gasteiger partial charge in [0, 0.05) is 6.20 Å². The van der Waals surface area contributed by atoms with Gasteiger partial charge < -0.3 is 15.2 Å². The fraction of sp³-hybridized carbons (Fsp3) is 0.235. The lowest BCUT2D eigenvalue weighted by Crippen LogP contribution is -2.33. The van der Waals surface area contributed by atoms with Gasteiger partial charge in [0.2, 0.25) is 0 Å². The number of aromatic nitrogens is 5. The SMILES string of the molecule is O=C(O)NC[C@H]1CN(c2ccc(-n3ccc(Cn4cncn4)n3)c(F)c2)C(=O)O1. The van der Waals surface area contributed by atoms with E-state index in [4.69, 9.17) is 9.84 Å². The van der Waals surface area contributed by atoms with E-state index >= 15 is 0 Å². The van der Waals surface area contributed by atoms with Crippen LogP contribution in [-0.4, -0.2) is 61.0 Å². The summed E-state index contributed by atoms with van der Waals surface area (Å²) in [7, 11) is 0. The van der Waals surface area contributed by atoms with E-state index in [1.54, 1.807) is 29.3 Å². The Labute approximate surface area is 163 Å².